The zero-order valence-electron chi connectivity index (χ0n) is 12.0. The average molecular weight is 312 g/mol. The zero-order chi connectivity index (χ0) is 15.5. The molecule has 0 bridgehead atoms. The van der Waals surface area contributed by atoms with Crippen LogP contribution < -0.4 is 15.2 Å². The van der Waals surface area contributed by atoms with E-state index in [1.165, 1.54) is 38.2 Å². The van der Waals surface area contributed by atoms with Crippen LogP contribution in [0.3, 0.4) is 0 Å². The predicted octanol–water partition coefficient (Wildman–Crippen LogP) is 1.26. The largest absolute Gasteiger partial charge is 0.495 e. The van der Waals surface area contributed by atoms with Gasteiger partial charge in [0, 0.05) is 12.1 Å². The Hall–Kier alpha value is -1.60. The van der Waals surface area contributed by atoms with E-state index in [1.54, 1.807) is 0 Å². The van der Waals surface area contributed by atoms with Gasteiger partial charge in [-0.1, -0.05) is 12.8 Å². The first-order valence-corrected chi connectivity index (χ1v) is 8.45. The highest BCUT2D eigenvalue weighted by Gasteiger charge is 2.19. The van der Waals surface area contributed by atoms with Crippen LogP contribution >= 0.6 is 0 Å². The van der Waals surface area contributed by atoms with E-state index in [-0.39, 0.29) is 22.1 Å². The predicted molar refractivity (Wildman–Crippen MR) is 78.7 cm³/mol. The van der Waals surface area contributed by atoms with Crippen LogP contribution in [0, 0.1) is 5.92 Å². The van der Waals surface area contributed by atoms with Gasteiger partial charge in [0.25, 0.3) is 5.91 Å². The molecule has 0 radical (unpaired) electrons. The summed E-state index contributed by atoms with van der Waals surface area (Å²) in [6, 6.07) is 4.21. The van der Waals surface area contributed by atoms with Crippen LogP contribution in [0.4, 0.5) is 0 Å². The molecule has 2 rings (SSSR count). The van der Waals surface area contributed by atoms with Gasteiger partial charge in [-0.05, 0) is 37.0 Å². The average Bonchev–Trinajstić information content (AvgIpc) is 2.96. The van der Waals surface area contributed by atoms with Crippen LogP contribution in [0.25, 0.3) is 0 Å². The Bertz CT molecular complexity index is 622. The Morgan fingerprint density at radius 2 is 2.05 bits per heavy atom. The van der Waals surface area contributed by atoms with Crippen molar-refractivity contribution in [3.8, 4) is 5.75 Å². The molecular formula is C14H20N2O4S. The van der Waals surface area contributed by atoms with Crippen molar-refractivity contribution in [1.29, 1.82) is 0 Å². The number of rotatable bonds is 5. The van der Waals surface area contributed by atoms with Gasteiger partial charge in [-0.15, -0.1) is 0 Å². The molecule has 1 saturated carbocycles. The molecule has 0 atom stereocenters. The molecule has 116 valence electrons. The number of carbonyl (C=O) groups excluding carboxylic acids is 1. The number of hydrogen-bond acceptors (Lipinski definition) is 4. The van der Waals surface area contributed by atoms with Gasteiger partial charge in [0.1, 0.15) is 10.6 Å². The fourth-order valence-corrected chi connectivity index (χ4v) is 3.32. The molecule has 0 unspecified atom stereocenters. The van der Waals surface area contributed by atoms with Crippen molar-refractivity contribution in [3.05, 3.63) is 23.8 Å². The van der Waals surface area contributed by atoms with Crippen molar-refractivity contribution in [2.45, 2.75) is 30.6 Å². The molecule has 7 heteroatoms. The van der Waals surface area contributed by atoms with Crippen LogP contribution in [0.2, 0.25) is 0 Å². The molecule has 0 heterocycles. The van der Waals surface area contributed by atoms with Gasteiger partial charge < -0.3 is 10.1 Å². The summed E-state index contributed by atoms with van der Waals surface area (Å²) in [6.07, 6.45) is 4.67. The normalized spacial score (nSPS) is 15.9. The molecule has 0 spiro atoms. The van der Waals surface area contributed by atoms with E-state index in [0.29, 0.717) is 12.5 Å². The second-order valence-electron chi connectivity index (χ2n) is 5.27. The summed E-state index contributed by atoms with van der Waals surface area (Å²) in [5.74, 6) is 0.351. The van der Waals surface area contributed by atoms with E-state index >= 15 is 0 Å². The molecule has 1 aromatic carbocycles. The molecule has 1 aliphatic carbocycles. The molecule has 1 aliphatic rings. The number of ether oxygens (including phenoxy) is 1. The Morgan fingerprint density at radius 3 is 2.62 bits per heavy atom. The third kappa shape index (κ3) is 3.95. The minimum absolute atomic E-state index is 0.129. The van der Waals surface area contributed by atoms with Gasteiger partial charge in [0.15, 0.2) is 0 Å². The quantitative estimate of drug-likeness (QED) is 0.855. The third-order valence-electron chi connectivity index (χ3n) is 3.76. The van der Waals surface area contributed by atoms with Crippen LogP contribution in [0.5, 0.6) is 5.75 Å². The van der Waals surface area contributed by atoms with Gasteiger partial charge in [0.2, 0.25) is 10.0 Å². The molecule has 0 saturated heterocycles. The number of methoxy groups -OCH3 is 1. The van der Waals surface area contributed by atoms with Crippen LogP contribution in [0.15, 0.2) is 23.1 Å². The van der Waals surface area contributed by atoms with Gasteiger partial charge >= 0.3 is 0 Å². The summed E-state index contributed by atoms with van der Waals surface area (Å²) in [7, 11) is -2.59. The fourth-order valence-electron chi connectivity index (χ4n) is 2.59. The first kappa shape index (κ1) is 15.8. The number of hydrogen-bond donors (Lipinski definition) is 2. The van der Waals surface area contributed by atoms with E-state index in [2.05, 4.69) is 5.32 Å². The van der Waals surface area contributed by atoms with Crippen molar-refractivity contribution in [2.24, 2.45) is 11.1 Å². The van der Waals surface area contributed by atoms with Crippen molar-refractivity contribution >= 4 is 15.9 Å². The van der Waals surface area contributed by atoms with Gasteiger partial charge in [0.05, 0.1) is 7.11 Å². The lowest BCUT2D eigenvalue weighted by Gasteiger charge is -2.12. The van der Waals surface area contributed by atoms with Crippen LogP contribution in [-0.2, 0) is 10.0 Å². The second-order valence-corrected chi connectivity index (χ2v) is 6.80. The maximum Gasteiger partial charge on any atom is 0.251 e. The maximum absolute atomic E-state index is 12.1. The van der Waals surface area contributed by atoms with E-state index in [0.717, 1.165) is 12.8 Å². The van der Waals surface area contributed by atoms with Gasteiger partial charge in [-0.2, -0.15) is 0 Å². The lowest BCUT2D eigenvalue weighted by atomic mass is 10.1. The summed E-state index contributed by atoms with van der Waals surface area (Å²) in [4.78, 5) is 11.9. The molecule has 21 heavy (non-hydrogen) atoms. The summed E-state index contributed by atoms with van der Waals surface area (Å²) >= 11 is 0. The monoisotopic (exact) mass is 312 g/mol. The SMILES string of the molecule is COc1ccc(C(=O)NCC2CCCC2)cc1S(N)(=O)=O. The lowest BCUT2D eigenvalue weighted by Crippen LogP contribution is -2.28. The smallest absolute Gasteiger partial charge is 0.251 e. The van der Waals surface area contributed by atoms with Crippen LogP contribution in [-0.4, -0.2) is 28.0 Å². The molecule has 0 aliphatic heterocycles. The molecule has 6 nitrogen and oxygen atoms in total. The molecule has 3 N–H and O–H groups in total. The number of carbonyl (C=O) groups is 1. The molecular weight excluding hydrogens is 292 g/mol. The Labute approximate surface area is 124 Å². The van der Waals surface area contributed by atoms with E-state index in [4.69, 9.17) is 9.88 Å². The first-order valence-electron chi connectivity index (χ1n) is 6.91. The Balaban J connectivity index is 2.13. The number of nitrogens with one attached hydrogen (secondary N) is 1. The zero-order valence-corrected chi connectivity index (χ0v) is 12.8. The molecule has 1 aromatic rings. The van der Waals surface area contributed by atoms with Crippen molar-refractivity contribution in [1.82, 2.24) is 5.32 Å². The summed E-state index contributed by atoms with van der Waals surface area (Å²) in [6.45, 7) is 0.621. The lowest BCUT2D eigenvalue weighted by molar-refractivity contribution is 0.0947. The van der Waals surface area contributed by atoms with Crippen LogP contribution in [0.1, 0.15) is 36.0 Å². The number of amides is 1. The number of nitrogens with two attached hydrogens (primary N) is 1. The topological polar surface area (TPSA) is 98.5 Å². The number of sulfonamides is 1. The molecule has 0 aromatic heterocycles. The van der Waals surface area contributed by atoms with E-state index < -0.39 is 10.0 Å². The summed E-state index contributed by atoms with van der Waals surface area (Å²) in [5.41, 5.74) is 0.262. The highest BCUT2D eigenvalue weighted by Crippen LogP contribution is 2.25. The minimum atomic E-state index is -3.94. The molecule has 1 amide bonds. The highest BCUT2D eigenvalue weighted by molar-refractivity contribution is 7.89. The second kappa shape index (κ2) is 6.44. The van der Waals surface area contributed by atoms with Crippen molar-refractivity contribution in [3.63, 3.8) is 0 Å². The Kier molecular flexibility index (Phi) is 4.84. The fraction of sp³-hybridized carbons (Fsp3) is 0.500. The highest BCUT2D eigenvalue weighted by atomic mass is 32.2. The third-order valence-corrected chi connectivity index (χ3v) is 4.69. The van der Waals surface area contributed by atoms with Crippen molar-refractivity contribution in [2.75, 3.05) is 13.7 Å². The number of benzene rings is 1. The summed E-state index contributed by atoms with van der Waals surface area (Å²) < 4.78 is 28.0. The van der Waals surface area contributed by atoms with Gasteiger partial charge in [-0.25, -0.2) is 13.6 Å². The van der Waals surface area contributed by atoms with Crippen molar-refractivity contribution < 1.29 is 17.9 Å². The summed E-state index contributed by atoms with van der Waals surface area (Å²) in [5, 5.41) is 7.98. The molecule has 1 fully saturated rings. The standard InChI is InChI=1S/C14H20N2O4S/c1-20-12-7-6-11(8-13(12)21(15,18)19)14(17)16-9-10-4-2-3-5-10/h6-8,10H,2-5,9H2,1H3,(H,16,17)(H2,15,18,19). The van der Waals surface area contributed by atoms with E-state index in [9.17, 15) is 13.2 Å². The first-order chi connectivity index (χ1) is 9.91. The minimum Gasteiger partial charge on any atom is -0.495 e. The Morgan fingerprint density at radius 1 is 1.38 bits per heavy atom. The maximum atomic E-state index is 12.1. The van der Waals surface area contributed by atoms with E-state index in [1.807, 2.05) is 0 Å². The number of primary sulfonamides is 1. The van der Waals surface area contributed by atoms with Gasteiger partial charge in [-0.3, -0.25) is 4.79 Å².